The average molecular weight is 325 g/mol. The third kappa shape index (κ3) is 3.67. The van der Waals surface area contributed by atoms with Crippen LogP contribution in [0.2, 0.25) is 0 Å². The summed E-state index contributed by atoms with van der Waals surface area (Å²) in [5.74, 6) is 1.18. The highest BCUT2D eigenvalue weighted by molar-refractivity contribution is 6.04. The average Bonchev–Trinajstić information content (AvgIpc) is 2.63. The molecule has 0 spiro atoms. The van der Waals surface area contributed by atoms with E-state index in [1.165, 1.54) is 12.8 Å². The third-order valence-corrected chi connectivity index (χ3v) is 4.48. The molecule has 0 bridgehead atoms. The molecule has 1 aliphatic heterocycles. The van der Waals surface area contributed by atoms with E-state index >= 15 is 0 Å². The number of amides is 1. The Kier molecular flexibility index (Phi) is 4.99. The normalized spacial score (nSPS) is 15.2. The molecule has 3 rings (SSSR count). The van der Waals surface area contributed by atoms with Crippen molar-refractivity contribution < 1.29 is 9.53 Å². The van der Waals surface area contributed by atoms with Crippen LogP contribution in [-0.2, 0) is 0 Å². The largest absolute Gasteiger partial charge is 0.495 e. The summed E-state index contributed by atoms with van der Waals surface area (Å²) < 4.78 is 5.27. The topological polar surface area (TPSA) is 54.5 Å². The molecule has 1 amide bonds. The number of hydrogen-bond donors (Lipinski definition) is 1. The number of piperidine rings is 1. The molecule has 1 saturated heterocycles. The number of para-hydroxylation sites is 2. The van der Waals surface area contributed by atoms with E-state index in [1.54, 1.807) is 13.3 Å². The molecule has 1 N–H and O–H groups in total. The molecule has 1 aliphatic rings. The lowest BCUT2D eigenvalue weighted by Gasteiger charge is -2.32. The number of carbonyl (C=O) groups excluding carboxylic acids is 1. The van der Waals surface area contributed by atoms with Gasteiger partial charge in [-0.2, -0.15) is 0 Å². The van der Waals surface area contributed by atoms with Crippen LogP contribution in [0, 0.1) is 5.92 Å². The lowest BCUT2D eigenvalue weighted by molar-refractivity contribution is 0.102. The quantitative estimate of drug-likeness (QED) is 0.933. The van der Waals surface area contributed by atoms with Gasteiger partial charge in [-0.05, 0) is 43.0 Å². The van der Waals surface area contributed by atoms with E-state index in [1.807, 2.05) is 36.4 Å². The van der Waals surface area contributed by atoms with Crippen molar-refractivity contribution in [2.24, 2.45) is 5.92 Å². The number of anilines is 2. The highest BCUT2D eigenvalue weighted by atomic mass is 16.5. The van der Waals surface area contributed by atoms with E-state index in [2.05, 4.69) is 22.1 Å². The minimum Gasteiger partial charge on any atom is -0.495 e. The summed E-state index contributed by atoms with van der Waals surface area (Å²) in [5, 5.41) is 2.87. The summed E-state index contributed by atoms with van der Waals surface area (Å²) >= 11 is 0. The fraction of sp³-hybridized carbons (Fsp3) is 0.368. The zero-order valence-corrected chi connectivity index (χ0v) is 14.2. The summed E-state index contributed by atoms with van der Waals surface area (Å²) in [6, 6.07) is 11.2. The van der Waals surface area contributed by atoms with Gasteiger partial charge in [-0.15, -0.1) is 0 Å². The van der Waals surface area contributed by atoms with Crippen LogP contribution in [0.5, 0.6) is 5.75 Å². The maximum absolute atomic E-state index is 12.5. The monoisotopic (exact) mass is 325 g/mol. The number of hydrogen-bond acceptors (Lipinski definition) is 4. The number of pyridine rings is 1. The van der Waals surface area contributed by atoms with Gasteiger partial charge >= 0.3 is 0 Å². The van der Waals surface area contributed by atoms with E-state index < -0.39 is 0 Å². The molecular formula is C19H23N3O2. The summed E-state index contributed by atoms with van der Waals surface area (Å²) in [6.07, 6.45) is 4.07. The molecule has 2 aromatic rings. The first-order valence-electron chi connectivity index (χ1n) is 8.32. The predicted molar refractivity (Wildman–Crippen MR) is 95.8 cm³/mol. The fourth-order valence-corrected chi connectivity index (χ4v) is 2.94. The molecule has 0 unspecified atom stereocenters. The van der Waals surface area contributed by atoms with Gasteiger partial charge in [0.1, 0.15) is 11.4 Å². The number of nitrogens with one attached hydrogen (secondary N) is 1. The Morgan fingerprint density at radius 1 is 1.25 bits per heavy atom. The molecule has 0 radical (unpaired) electrons. The molecule has 0 saturated carbocycles. The highest BCUT2D eigenvalue weighted by Crippen LogP contribution is 2.25. The van der Waals surface area contributed by atoms with Gasteiger partial charge in [0.05, 0.1) is 12.8 Å². The zero-order chi connectivity index (χ0) is 16.9. The number of aromatic nitrogens is 1. The van der Waals surface area contributed by atoms with E-state index in [4.69, 9.17) is 4.74 Å². The highest BCUT2D eigenvalue weighted by Gasteiger charge is 2.18. The Morgan fingerprint density at radius 3 is 2.75 bits per heavy atom. The standard InChI is InChI=1S/C19H23N3O2/c1-14-8-11-22(12-9-14)15-7-10-20-17(13-15)19(23)21-16-5-3-4-6-18(16)24-2/h3-7,10,13-14H,8-9,11-12H2,1-2H3,(H,21,23). The lowest BCUT2D eigenvalue weighted by Crippen LogP contribution is -2.33. The lowest BCUT2D eigenvalue weighted by atomic mass is 9.99. The second-order valence-corrected chi connectivity index (χ2v) is 6.22. The molecule has 0 aliphatic carbocycles. The Morgan fingerprint density at radius 2 is 2.00 bits per heavy atom. The van der Waals surface area contributed by atoms with Crippen molar-refractivity contribution in [1.29, 1.82) is 0 Å². The maximum atomic E-state index is 12.5. The SMILES string of the molecule is COc1ccccc1NC(=O)c1cc(N2CCC(C)CC2)ccn1. The van der Waals surface area contributed by atoms with Crippen molar-refractivity contribution in [2.45, 2.75) is 19.8 Å². The molecule has 24 heavy (non-hydrogen) atoms. The van der Waals surface area contributed by atoms with E-state index in [0.717, 1.165) is 24.7 Å². The molecule has 1 aromatic carbocycles. The first-order chi connectivity index (χ1) is 11.7. The second-order valence-electron chi connectivity index (χ2n) is 6.22. The number of nitrogens with zero attached hydrogens (tertiary/aromatic N) is 2. The van der Waals surface area contributed by atoms with Crippen molar-refractivity contribution in [1.82, 2.24) is 4.98 Å². The smallest absolute Gasteiger partial charge is 0.274 e. The van der Waals surface area contributed by atoms with Gasteiger partial charge in [-0.1, -0.05) is 19.1 Å². The minimum absolute atomic E-state index is 0.230. The molecule has 126 valence electrons. The number of rotatable bonds is 4. The Hall–Kier alpha value is -2.56. The molecular weight excluding hydrogens is 302 g/mol. The predicted octanol–water partition coefficient (Wildman–Crippen LogP) is 3.58. The van der Waals surface area contributed by atoms with Crippen molar-refractivity contribution in [3.63, 3.8) is 0 Å². The Labute approximate surface area is 142 Å². The van der Waals surface area contributed by atoms with Gasteiger partial charge in [0.15, 0.2) is 0 Å². The zero-order valence-electron chi connectivity index (χ0n) is 14.2. The van der Waals surface area contributed by atoms with E-state index in [0.29, 0.717) is 17.1 Å². The van der Waals surface area contributed by atoms with Crippen molar-refractivity contribution >= 4 is 17.3 Å². The van der Waals surface area contributed by atoms with Crippen LogP contribution in [-0.4, -0.2) is 31.1 Å². The Bertz CT molecular complexity index is 709. The van der Waals surface area contributed by atoms with Gasteiger partial charge in [0.25, 0.3) is 5.91 Å². The molecule has 0 atom stereocenters. The number of methoxy groups -OCH3 is 1. The van der Waals surface area contributed by atoms with Gasteiger partial charge in [0.2, 0.25) is 0 Å². The van der Waals surface area contributed by atoms with Crippen LogP contribution >= 0.6 is 0 Å². The maximum Gasteiger partial charge on any atom is 0.274 e. The van der Waals surface area contributed by atoms with Crippen LogP contribution in [0.3, 0.4) is 0 Å². The fourth-order valence-electron chi connectivity index (χ4n) is 2.94. The van der Waals surface area contributed by atoms with Crippen LogP contribution < -0.4 is 15.0 Å². The molecule has 5 heteroatoms. The van der Waals surface area contributed by atoms with Crippen LogP contribution in [0.15, 0.2) is 42.6 Å². The minimum atomic E-state index is -0.230. The van der Waals surface area contributed by atoms with E-state index in [9.17, 15) is 4.79 Å². The van der Waals surface area contributed by atoms with Crippen LogP contribution in [0.25, 0.3) is 0 Å². The summed E-state index contributed by atoms with van der Waals surface area (Å²) in [4.78, 5) is 19.1. The summed E-state index contributed by atoms with van der Waals surface area (Å²) in [6.45, 7) is 4.34. The molecule has 2 heterocycles. The third-order valence-electron chi connectivity index (χ3n) is 4.48. The van der Waals surface area contributed by atoms with Crippen LogP contribution in [0.1, 0.15) is 30.3 Å². The first-order valence-corrected chi connectivity index (χ1v) is 8.32. The van der Waals surface area contributed by atoms with Crippen molar-refractivity contribution in [3.8, 4) is 5.75 Å². The van der Waals surface area contributed by atoms with Crippen molar-refractivity contribution in [3.05, 3.63) is 48.3 Å². The molecule has 1 fully saturated rings. The summed E-state index contributed by atoms with van der Waals surface area (Å²) in [5.41, 5.74) is 2.11. The first kappa shape index (κ1) is 16.3. The van der Waals surface area contributed by atoms with Gasteiger partial charge in [-0.25, -0.2) is 0 Å². The number of ether oxygens (including phenoxy) is 1. The van der Waals surface area contributed by atoms with Crippen molar-refractivity contribution in [2.75, 3.05) is 30.4 Å². The Balaban J connectivity index is 1.75. The van der Waals surface area contributed by atoms with Gasteiger partial charge < -0.3 is 15.0 Å². The van der Waals surface area contributed by atoms with Gasteiger partial charge in [0, 0.05) is 25.0 Å². The molecule has 5 nitrogen and oxygen atoms in total. The molecule has 1 aromatic heterocycles. The van der Waals surface area contributed by atoms with E-state index in [-0.39, 0.29) is 5.91 Å². The van der Waals surface area contributed by atoms with Gasteiger partial charge in [-0.3, -0.25) is 9.78 Å². The number of benzene rings is 1. The van der Waals surface area contributed by atoms with Crippen LogP contribution in [0.4, 0.5) is 11.4 Å². The number of carbonyl (C=O) groups is 1. The summed E-state index contributed by atoms with van der Waals surface area (Å²) in [7, 11) is 1.58. The second kappa shape index (κ2) is 7.34.